The fourth-order valence-electron chi connectivity index (χ4n) is 5.11. The van der Waals surface area contributed by atoms with Crippen molar-refractivity contribution in [3.63, 3.8) is 0 Å². The zero-order valence-corrected chi connectivity index (χ0v) is 21.5. The van der Waals surface area contributed by atoms with Gasteiger partial charge in [-0.2, -0.15) is 0 Å². The SMILES string of the molecule is COc1ccc(C2C(CCC(O)c3ccccc3)C(=O)N2c2ccc(CNCC[N+]3=NC3C)cc2)cc1. The summed E-state index contributed by atoms with van der Waals surface area (Å²) in [6.07, 6.45) is 0.931. The van der Waals surface area contributed by atoms with Gasteiger partial charge in [0, 0.05) is 24.3 Å². The molecule has 0 saturated carbocycles. The minimum atomic E-state index is -0.583. The molecule has 1 amide bonds. The number of aliphatic hydroxyl groups is 1. The quantitative estimate of drug-likeness (QED) is 0.213. The second-order valence-corrected chi connectivity index (χ2v) is 9.79. The second-order valence-electron chi connectivity index (χ2n) is 9.79. The molecule has 0 spiro atoms. The van der Waals surface area contributed by atoms with E-state index >= 15 is 0 Å². The summed E-state index contributed by atoms with van der Waals surface area (Å²) in [6.45, 7) is 4.67. The van der Waals surface area contributed by atoms with Gasteiger partial charge in [-0.15, -0.1) is 0 Å². The summed E-state index contributed by atoms with van der Waals surface area (Å²) in [7, 11) is 1.65. The molecule has 0 bridgehead atoms. The molecule has 2 aliphatic rings. The number of nitrogens with zero attached hydrogens (tertiary/aromatic N) is 3. The summed E-state index contributed by atoms with van der Waals surface area (Å²) in [4.78, 5) is 15.3. The highest BCUT2D eigenvalue weighted by Gasteiger charge is 2.48. The molecule has 0 aliphatic carbocycles. The minimum absolute atomic E-state index is 0.0799. The van der Waals surface area contributed by atoms with E-state index in [0.29, 0.717) is 19.0 Å². The van der Waals surface area contributed by atoms with E-state index in [1.54, 1.807) is 7.11 Å². The molecular formula is C30H35N4O3+. The summed E-state index contributed by atoms with van der Waals surface area (Å²) in [5.74, 6) is 0.706. The van der Waals surface area contributed by atoms with E-state index in [4.69, 9.17) is 4.74 Å². The Labute approximate surface area is 218 Å². The van der Waals surface area contributed by atoms with Crippen LogP contribution in [-0.4, -0.2) is 42.1 Å². The van der Waals surface area contributed by atoms with Crippen molar-refractivity contribution in [3.05, 3.63) is 95.6 Å². The van der Waals surface area contributed by atoms with Crippen LogP contribution in [0.4, 0.5) is 5.69 Å². The van der Waals surface area contributed by atoms with E-state index in [0.717, 1.165) is 42.2 Å². The summed E-state index contributed by atoms with van der Waals surface area (Å²) < 4.78 is 7.41. The third-order valence-electron chi connectivity index (χ3n) is 7.36. The number of ether oxygens (including phenoxy) is 1. The van der Waals surface area contributed by atoms with Crippen molar-refractivity contribution in [2.24, 2.45) is 11.0 Å². The van der Waals surface area contributed by atoms with E-state index in [1.165, 1.54) is 5.56 Å². The molecule has 192 valence electrons. The van der Waals surface area contributed by atoms with Crippen LogP contribution in [0.3, 0.4) is 0 Å². The zero-order chi connectivity index (χ0) is 25.8. The van der Waals surface area contributed by atoms with Gasteiger partial charge in [0.1, 0.15) is 5.75 Å². The van der Waals surface area contributed by atoms with Gasteiger partial charge in [0.15, 0.2) is 6.54 Å². The average molecular weight is 500 g/mol. The number of azo groups is 1. The zero-order valence-electron chi connectivity index (χ0n) is 21.5. The lowest BCUT2D eigenvalue weighted by atomic mass is 9.78. The molecule has 7 heteroatoms. The molecule has 2 aliphatic heterocycles. The Hall–Kier alpha value is -3.55. The van der Waals surface area contributed by atoms with Crippen LogP contribution < -0.4 is 15.0 Å². The van der Waals surface area contributed by atoms with Gasteiger partial charge in [0.05, 0.1) is 31.7 Å². The fraction of sp³-hybridized carbons (Fsp3) is 0.367. The number of nitrogens with one attached hydrogen (secondary N) is 1. The van der Waals surface area contributed by atoms with E-state index in [2.05, 4.69) is 34.2 Å². The van der Waals surface area contributed by atoms with Crippen molar-refractivity contribution in [1.82, 2.24) is 5.32 Å². The first kappa shape index (κ1) is 25.1. The standard InChI is InChI=1S/C30H35N4O3/c1-21-32-33(21)19-18-31-20-22-8-12-25(13-9-22)34-29(24-10-14-26(37-2)15-11-24)27(30(34)36)16-17-28(35)23-6-4-3-5-7-23/h3-15,21,27-29,31,35H,16-20H2,1-2H3/q+1. The van der Waals surface area contributed by atoms with Gasteiger partial charge < -0.3 is 20.1 Å². The minimum Gasteiger partial charge on any atom is -0.497 e. The van der Waals surface area contributed by atoms with E-state index < -0.39 is 6.10 Å². The number of aliphatic hydroxyl groups excluding tert-OH is 1. The molecule has 2 heterocycles. The first-order valence-corrected chi connectivity index (χ1v) is 13.0. The Bertz CT molecular complexity index is 1230. The van der Waals surface area contributed by atoms with Gasteiger partial charge in [-0.25, -0.2) is 0 Å². The highest BCUT2D eigenvalue weighted by Crippen LogP contribution is 2.46. The molecule has 3 aromatic carbocycles. The molecule has 37 heavy (non-hydrogen) atoms. The van der Waals surface area contributed by atoms with Crippen LogP contribution in [0.5, 0.6) is 5.75 Å². The summed E-state index contributed by atoms with van der Waals surface area (Å²) in [5.41, 5.74) is 4.02. The fourth-order valence-corrected chi connectivity index (χ4v) is 5.11. The number of rotatable bonds is 12. The number of amides is 1. The van der Waals surface area contributed by atoms with Crippen molar-refractivity contribution in [2.45, 2.75) is 44.6 Å². The van der Waals surface area contributed by atoms with Crippen molar-refractivity contribution < 1.29 is 19.3 Å². The summed E-state index contributed by atoms with van der Waals surface area (Å²) in [5, 5.41) is 18.4. The number of carbonyl (C=O) groups is 1. The predicted molar refractivity (Wildman–Crippen MR) is 143 cm³/mol. The lowest BCUT2D eigenvalue weighted by Gasteiger charge is -2.48. The van der Waals surface area contributed by atoms with Crippen molar-refractivity contribution in [3.8, 4) is 5.75 Å². The molecule has 2 N–H and O–H groups in total. The number of β-lactam (4-membered cyclic amide) rings is 1. The first-order valence-electron chi connectivity index (χ1n) is 13.0. The lowest BCUT2D eigenvalue weighted by Crippen LogP contribution is -2.55. The van der Waals surface area contributed by atoms with Crippen molar-refractivity contribution in [1.29, 1.82) is 0 Å². The number of methoxy groups -OCH3 is 1. The molecule has 4 atom stereocenters. The molecule has 7 nitrogen and oxygen atoms in total. The third-order valence-corrected chi connectivity index (χ3v) is 7.36. The Morgan fingerprint density at radius 3 is 2.41 bits per heavy atom. The summed E-state index contributed by atoms with van der Waals surface area (Å²) >= 11 is 0. The molecular weight excluding hydrogens is 464 g/mol. The topological polar surface area (TPSA) is 77.2 Å². The van der Waals surface area contributed by atoms with Crippen molar-refractivity contribution in [2.75, 3.05) is 25.1 Å². The molecule has 4 unspecified atom stereocenters. The van der Waals surface area contributed by atoms with Crippen molar-refractivity contribution >= 4 is 11.6 Å². The molecule has 3 aromatic rings. The maximum absolute atomic E-state index is 13.4. The number of anilines is 1. The Balaban J connectivity index is 1.26. The highest BCUT2D eigenvalue weighted by molar-refractivity contribution is 6.03. The van der Waals surface area contributed by atoms with Gasteiger partial charge in [-0.1, -0.05) is 59.3 Å². The molecule has 1 fully saturated rings. The van der Waals surface area contributed by atoms with E-state index in [1.807, 2.05) is 71.6 Å². The van der Waals surface area contributed by atoms with Gasteiger partial charge in [-0.05, 0) is 53.8 Å². The van der Waals surface area contributed by atoms with Gasteiger partial charge in [0.2, 0.25) is 5.91 Å². The highest BCUT2D eigenvalue weighted by atomic mass is 16.5. The number of carbonyl (C=O) groups excluding carboxylic acids is 1. The number of hydrogen-bond acceptors (Lipinski definition) is 5. The number of hydrogen-bond donors (Lipinski definition) is 2. The lowest BCUT2D eigenvalue weighted by molar-refractivity contribution is -0.484. The van der Waals surface area contributed by atoms with Crippen LogP contribution in [0.2, 0.25) is 0 Å². The molecule has 5 rings (SSSR count). The smallest absolute Gasteiger partial charge is 0.322 e. The van der Waals surface area contributed by atoms with Crippen LogP contribution in [0.15, 0.2) is 84.0 Å². The van der Waals surface area contributed by atoms with Gasteiger partial charge >= 0.3 is 6.17 Å². The second kappa shape index (κ2) is 11.2. The van der Waals surface area contributed by atoms with Gasteiger partial charge in [0.25, 0.3) is 0 Å². The van der Waals surface area contributed by atoms with Crippen LogP contribution in [0.25, 0.3) is 0 Å². The van der Waals surface area contributed by atoms with Crippen LogP contribution in [0, 0.1) is 5.92 Å². The normalized spacial score (nSPS) is 21.3. The predicted octanol–water partition coefficient (Wildman–Crippen LogP) is 4.83. The Morgan fingerprint density at radius 2 is 1.76 bits per heavy atom. The third kappa shape index (κ3) is 5.73. The number of benzene rings is 3. The maximum atomic E-state index is 13.4. The Morgan fingerprint density at radius 1 is 1.05 bits per heavy atom. The van der Waals surface area contributed by atoms with Crippen LogP contribution in [0.1, 0.15) is 48.6 Å². The van der Waals surface area contributed by atoms with E-state index in [9.17, 15) is 9.90 Å². The first-order chi connectivity index (χ1) is 18.0. The van der Waals surface area contributed by atoms with E-state index in [-0.39, 0.29) is 17.9 Å². The van der Waals surface area contributed by atoms with Crippen LogP contribution in [-0.2, 0) is 11.3 Å². The average Bonchev–Trinajstić information content (AvgIpc) is 3.65. The monoisotopic (exact) mass is 499 g/mol. The summed E-state index contributed by atoms with van der Waals surface area (Å²) in [6, 6.07) is 25.7. The molecule has 1 saturated heterocycles. The Kier molecular flexibility index (Phi) is 7.63. The maximum Gasteiger partial charge on any atom is 0.322 e. The molecule has 0 radical (unpaired) electrons. The largest absolute Gasteiger partial charge is 0.497 e. The molecule has 0 aromatic heterocycles. The van der Waals surface area contributed by atoms with Gasteiger partial charge in [-0.3, -0.25) is 4.79 Å². The van der Waals surface area contributed by atoms with Crippen LogP contribution >= 0.6 is 0 Å².